The molecule has 17 heavy (non-hydrogen) atoms. The number of ketones is 1. The number of benzene rings is 1. The first-order chi connectivity index (χ1) is 8.10. The molecule has 90 valence electrons. The molecule has 0 unspecified atom stereocenters. The van der Waals surface area contributed by atoms with Gasteiger partial charge in [0.1, 0.15) is 5.75 Å². The summed E-state index contributed by atoms with van der Waals surface area (Å²) in [5.74, 6) is 0.173. The number of hydrogen-bond donors (Lipinski definition) is 1. The van der Waals surface area contributed by atoms with Crippen LogP contribution < -0.4 is 10.5 Å². The molecule has 2 atom stereocenters. The molecular formula is C12H12BrNO3. The molecule has 1 aromatic carbocycles. The van der Waals surface area contributed by atoms with Crippen molar-refractivity contribution in [1.29, 1.82) is 0 Å². The molecule has 2 aliphatic heterocycles. The SMILES string of the molecule is N[C@]12CCOC[C@H]1C(=O)c1cc(Br)ccc1O2. The summed E-state index contributed by atoms with van der Waals surface area (Å²) in [6, 6.07) is 5.39. The first kappa shape index (κ1) is 11.2. The van der Waals surface area contributed by atoms with Crippen LogP contribution in [-0.2, 0) is 4.74 Å². The maximum absolute atomic E-state index is 12.3. The summed E-state index contributed by atoms with van der Waals surface area (Å²) in [5.41, 5.74) is 5.85. The van der Waals surface area contributed by atoms with Crippen molar-refractivity contribution in [2.75, 3.05) is 13.2 Å². The van der Waals surface area contributed by atoms with E-state index < -0.39 is 11.6 Å². The van der Waals surface area contributed by atoms with Crippen LogP contribution in [0.25, 0.3) is 0 Å². The minimum Gasteiger partial charge on any atom is -0.471 e. The molecule has 2 heterocycles. The third-order valence-electron chi connectivity index (χ3n) is 3.34. The van der Waals surface area contributed by atoms with E-state index in [1.807, 2.05) is 6.07 Å². The van der Waals surface area contributed by atoms with Gasteiger partial charge in [0.2, 0.25) is 0 Å². The Balaban J connectivity index is 2.09. The van der Waals surface area contributed by atoms with Crippen molar-refractivity contribution in [2.24, 2.45) is 11.7 Å². The van der Waals surface area contributed by atoms with E-state index in [1.54, 1.807) is 12.1 Å². The molecular weight excluding hydrogens is 286 g/mol. The molecule has 0 aliphatic carbocycles. The van der Waals surface area contributed by atoms with Crippen LogP contribution >= 0.6 is 15.9 Å². The molecule has 2 N–H and O–H groups in total. The highest BCUT2D eigenvalue weighted by molar-refractivity contribution is 9.10. The third kappa shape index (κ3) is 1.69. The standard InChI is InChI=1S/C12H12BrNO3/c13-7-1-2-10-8(5-7)11(15)9-6-16-4-3-12(9,14)17-10/h1-2,5,9H,3-4,6,14H2/t9-,12-/m0/s1. The monoisotopic (exact) mass is 297 g/mol. The van der Waals surface area contributed by atoms with Gasteiger partial charge >= 0.3 is 0 Å². The van der Waals surface area contributed by atoms with Crippen molar-refractivity contribution >= 4 is 21.7 Å². The molecule has 4 nitrogen and oxygen atoms in total. The molecule has 1 aromatic rings. The molecule has 0 bridgehead atoms. The molecule has 3 rings (SSSR count). The van der Waals surface area contributed by atoms with Crippen molar-refractivity contribution in [2.45, 2.75) is 12.1 Å². The van der Waals surface area contributed by atoms with Crippen LogP contribution in [0.2, 0.25) is 0 Å². The Bertz CT molecular complexity index is 491. The number of carbonyl (C=O) groups excluding carboxylic acids is 1. The van der Waals surface area contributed by atoms with Crippen molar-refractivity contribution < 1.29 is 14.3 Å². The second-order valence-corrected chi connectivity index (χ2v) is 5.35. The van der Waals surface area contributed by atoms with E-state index in [1.165, 1.54) is 0 Å². The van der Waals surface area contributed by atoms with Gasteiger partial charge in [-0.2, -0.15) is 0 Å². The molecule has 0 amide bonds. The van der Waals surface area contributed by atoms with Crippen LogP contribution in [0.3, 0.4) is 0 Å². The zero-order valence-corrected chi connectivity index (χ0v) is 10.7. The zero-order chi connectivity index (χ0) is 12.0. The number of nitrogens with two attached hydrogens (primary N) is 1. The topological polar surface area (TPSA) is 61.5 Å². The van der Waals surface area contributed by atoms with Crippen LogP contribution in [0.5, 0.6) is 5.75 Å². The molecule has 0 spiro atoms. The molecule has 5 heteroatoms. The van der Waals surface area contributed by atoms with Gasteiger partial charge in [-0.3, -0.25) is 10.5 Å². The minimum absolute atomic E-state index is 0.00903. The van der Waals surface area contributed by atoms with Crippen molar-refractivity contribution in [3.05, 3.63) is 28.2 Å². The Kier molecular flexibility index (Phi) is 2.50. The maximum Gasteiger partial charge on any atom is 0.177 e. The highest BCUT2D eigenvalue weighted by atomic mass is 79.9. The second kappa shape index (κ2) is 3.80. The van der Waals surface area contributed by atoms with Crippen molar-refractivity contribution in [3.63, 3.8) is 0 Å². The Morgan fingerprint density at radius 2 is 2.29 bits per heavy atom. The summed E-state index contributed by atoms with van der Waals surface area (Å²) >= 11 is 3.35. The first-order valence-electron chi connectivity index (χ1n) is 5.49. The van der Waals surface area contributed by atoms with E-state index in [0.717, 1.165) is 4.47 Å². The van der Waals surface area contributed by atoms with E-state index in [0.29, 0.717) is 30.9 Å². The number of Topliss-reactive ketones (excluding diaryl/α,β-unsaturated/α-hetero) is 1. The van der Waals surface area contributed by atoms with Gasteiger partial charge in [-0.15, -0.1) is 0 Å². The van der Waals surface area contributed by atoms with E-state index in [9.17, 15) is 4.79 Å². The number of carbonyl (C=O) groups is 1. The Hall–Kier alpha value is -0.910. The Morgan fingerprint density at radius 3 is 3.12 bits per heavy atom. The number of fused-ring (bicyclic) bond motifs is 2. The first-order valence-corrected chi connectivity index (χ1v) is 6.29. The summed E-state index contributed by atoms with van der Waals surface area (Å²) in [4.78, 5) is 12.3. The van der Waals surface area contributed by atoms with E-state index >= 15 is 0 Å². The lowest BCUT2D eigenvalue weighted by atomic mass is 9.82. The second-order valence-electron chi connectivity index (χ2n) is 4.44. The summed E-state index contributed by atoms with van der Waals surface area (Å²) < 4.78 is 12.0. The predicted octanol–water partition coefficient (Wildman–Crippen LogP) is 1.72. The average Bonchev–Trinajstić information content (AvgIpc) is 2.30. The van der Waals surface area contributed by atoms with Crippen LogP contribution in [0.1, 0.15) is 16.8 Å². The summed E-state index contributed by atoms with van der Waals surface area (Å²) in [6.07, 6.45) is 0.541. The number of halogens is 1. The largest absolute Gasteiger partial charge is 0.471 e. The van der Waals surface area contributed by atoms with Crippen LogP contribution in [0.4, 0.5) is 0 Å². The third-order valence-corrected chi connectivity index (χ3v) is 3.83. The minimum atomic E-state index is -0.907. The fourth-order valence-electron chi connectivity index (χ4n) is 2.34. The quantitative estimate of drug-likeness (QED) is 0.792. The lowest BCUT2D eigenvalue weighted by Gasteiger charge is -2.43. The van der Waals surface area contributed by atoms with Gasteiger partial charge in [0.05, 0.1) is 24.7 Å². The Morgan fingerprint density at radius 1 is 1.47 bits per heavy atom. The van der Waals surface area contributed by atoms with Crippen LogP contribution in [-0.4, -0.2) is 24.7 Å². The molecule has 2 aliphatic rings. The molecule has 0 radical (unpaired) electrons. The van der Waals surface area contributed by atoms with Gasteiger partial charge < -0.3 is 9.47 Å². The average molecular weight is 298 g/mol. The zero-order valence-electron chi connectivity index (χ0n) is 9.11. The summed E-state index contributed by atoms with van der Waals surface area (Å²) in [5, 5.41) is 0. The summed E-state index contributed by atoms with van der Waals surface area (Å²) in [6.45, 7) is 0.868. The van der Waals surface area contributed by atoms with Gasteiger partial charge in [-0.25, -0.2) is 0 Å². The van der Waals surface area contributed by atoms with Crippen LogP contribution in [0.15, 0.2) is 22.7 Å². The van der Waals surface area contributed by atoms with Crippen LogP contribution in [0, 0.1) is 5.92 Å². The number of ether oxygens (including phenoxy) is 2. The Labute approximate surface area is 107 Å². The van der Waals surface area contributed by atoms with Gasteiger partial charge in [-0.05, 0) is 18.2 Å². The van der Waals surface area contributed by atoms with Gasteiger partial charge in [-0.1, -0.05) is 15.9 Å². The van der Waals surface area contributed by atoms with Crippen molar-refractivity contribution in [3.8, 4) is 5.75 Å². The van der Waals surface area contributed by atoms with E-state index in [-0.39, 0.29) is 5.78 Å². The molecule has 0 saturated carbocycles. The molecule has 1 saturated heterocycles. The highest BCUT2D eigenvalue weighted by Gasteiger charge is 2.49. The smallest absolute Gasteiger partial charge is 0.177 e. The van der Waals surface area contributed by atoms with Gasteiger partial charge in [0.15, 0.2) is 11.5 Å². The normalized spacial score (nSPS) is 31.4. The number of hydrogen-bond acceptors (Lipinski definition) is 4. The fourth-order valence-corrected chi connectivity index (χ4v) is 2.71. The molecule has 0 aromatic heterocycles. The van der Waals surface area contributed by atoms with E-state index in [4.69, 9.17) is 15.2 Å². The summed E-state index contributed by atoms with van der Waals surface area (Å²) in [7, 11) is 0. The number of rotatable bonds is 0. The maximum atomic E-state index is 12.3. The molecule has 1 fully saturated rings. The fraction of sp³-hybridized carbons (Fsp3) is 0.417. The lowest BCUT2D eigenvalue weighted by molar-refractivity contribution is -0.0840. The van der Waals surface area contributed by atoms with E-state index in [2.05, 4.69) is 15.9 Å². The van der Waals surface area contributed by atoms with Crippen molar-refractivity contribution in [1.82, 2.24) is 0 Å². The predicted molar refractivity (Wildman–Crippen MR) is 64.9 cm³/mol. The van der Waals surface area contributed by atoms with Gasteiger partial charge in [0, 0.05) is 10.9 Å². The lowest BCUT2D eigenvalue weighted by Crippen LogP contribution is -2.61. The van der Waals surface area contributed by atoms with Gasteiger partial charge in [0.25, 0.3) is 0 Å². The highest BCUT2D eigenvalue weighted by Crippen LogP contribution is 2.39.